The first-order valence-electron chi connectivity index (χ1n) is 6.66. The number of hydrogen-bond donors (Lipinski definition) is 1. The fraction of sp³-hybridized carbons (Fsp3) is 0.462. The molecule has 0 aliphatic heterocycles. The predicted octanol–water partition coefficient (Wildman–Crippen LogP) is 0.607. The summed E-state index contributed by atoms with van der Waals surface area (Å²) in [5.41, 5.74) is 6.57. The van der Waals surface area contributed by atoms with Gasteiger partial charge in [-0.3, -0.25) is 9.13 Å². The molecular formula is C13H19BrN4O3S. The van der Waals surface area contributed by atoms with Crippen molar-refractivity contribution in [2.24, 2.45) is 19.8 Å². The Morgan fingerprint density at radius 2 is 1.77 bits per heavy atom. The molecule has 0 aliphatic rings. The van der Waals surface area contributed by atoms with E-state index in [2.05, 4.69) is 15.9 Å². The van der Waals surface area contributed by atoms with Gasteiger partial charge in [-0.2, -0.15) is 4.31 Å². The second-order valence-corrected chi connectivity index (χ2v) is 8.10. The summed E-state index contributed by atoms with van der Waals surface area (Å²) in [6.07, 6.45) is 0. The van der Waals surface area contributed by atoms with Crippen LogP contribution in [0.25, 0.3) is 11.0 Å². The zero-order chi connectivity index (χ0) is 16.8. The highest BCUT2D eigenvalue weighted by Gasteiger charge is 2.28. The lowest BCUT2D eigenvalue weighted by Crippen LogP contribution is -2.39. The minimum absolute atomic E-state index is 0.115. The van der Waals surface area contributed by atoms with Gasteiger partial charge < -0.3 is 5.73 Å². The number of fused-ring (bicyclic) bond motifs is 1. The van der Waals surface area contributed by atoms with Crippen LogP contribution >= 0.6 is 15.9 Å². The van der Waals surface area contributed by atoms with Gasteiger partial charge in [0.1, 0.15) is 0 Å². The molecular weight excluding hydrogens is 372 g/mol. The Hall–Kier alpha value is -1.16. The van der Waals surface area contributed by atoms with Gasteiger partial charge in [0.15, 0.2) is 0 Å². The number of nitrogens with two attached hydrogens (primary N) is 1. The Labute approximate surface area is 137 Å². The number of aryl methyl sites for hydroxylation is 2. The quantitative estimate of drug-likeness (QED) is 0.827. The van der Waals surface area contributed by atoms with E-state index in [-0.39, 0.29) is 23.2 Å². The number of rotatable bonds is 4. The van der Waals surface area contributed by atoms with Crippen LogP contribution in [-0.4, -0.2) is 41.5 Å². The first-order valence-corrected chi connectivity index (χ1v) is 8.89. The van der Waals surface area contributed by atoms with Crippen molar-refractivity contribution in [1.29, 1.82) is 0 Å². The maximum atomic E-state index is 12.7. The van der Waals surface area contributed by atoms with Gasteiger partial charge in [0.05, 0.1) is 15.9 Å². The van der Waals surface area contributed by atoms with Crippen LogP contribution in [0.2, 0.25) is 0 Å². The van der Waals surface area contributed by atoms with Crippen molar-refractivity contribution in [2.75, 3.05) is 13.6 Å². The molecule has 1 atom stereocenters. The van der Waals surface area contributed by atoms with E-state index >= 15 is 0 Å². The van der Waals surface area contributed by atoms with E-state index in [1.165, 1.54) is 26.6 Å². The molecule has 0 radical (unpaired) electrons. The van der Waals surface area contributed by atoms with E-state index < -0.39 is 10.0 Å². The standard InChI is InChI=1S/C13H19BrN4O3S/c1-8(7-15)18(4)22(20,21)12-6-11-10(5-9(12)14)16(2)13(19)17(11)3/h5-6,8H,7,15H2,1-4H3. The number of imidazole rings is 1. The van der Waals surface area contributed by atoms with Gasteiger partial charge in [0.2, 0.25) is 10.0 Å². The lowest BCUT2D eigenvalue weighted by Gasteiger charge is -2.23. The molecule has 1 unspecified atom stereocenters. The fourth-order valence-electron chi connectivity index (χ4n) is 2.24. The Balaban J connectivity index is 2.74. The fourth-order valence-corrected chi connectivity index (χ4v) is 4.62. The zero-order valence-electron chi connectivity index (χ0n) is 12.9. The molecule has 0 fully saturated rings. The molecule has 2 N–H and O–H groups in total. The van der Waals surface area contributed by atoms with Crippen LogP contribution in [0.15, 0.2) is 26.3 Å². The Kier molecular flexibility index (Phi) is 4.54. The molecule has 2 aromatic rings. The third kappa shape index (κ3) is 2.51. The highest BCUT2D eigenvalue weighted by Crippen LogP contribution is 2.29. The number of likely N-dealkylation sites (N-methyl/N-ethyl adjacent to an activating group) is 1. The highest BCUT2D eigenvalue weighted by atomic mass is 79.9. The number of aromatic nitrogens is 2. The number of sulfonamides is 1. The molecule has 1 aromatic carbocycles. The molecule has 0 saturated heterocycles. The van der Waals surface area contributed by atoms with Gasteiger partial charge in [-0.05, 0) is 35.0 Å². The van der Waals surface area contributed by atoms with Crippen molar-refractivity contribution < 1.29 is 8.42 Å². The van der Waals surface area contributed by atoms with Gasteiger partial charge in [-0.1, -0.05) is 0 Å². The van der Waals surface area contributed by atoms with Gasteiger partial charge >= 0.3 is 5.69 Å². The Morgan fingerprint density at radius 1 is 1.27 bits per heavy atom. The second kappa shape index (κ2) is 5.80. The maximum Gasteiger partial charge on any atom is 0.328 e. The number of hydrogen-bond acceptors (Lipinski definition) is 4. The summed E-state index contributed by atoms with van der Waals surface area (Å²) in [6.45, 7) is 1.96. The van der Waals surface area contributed by atoms with Crippen LogP contribution in [0, 0.1) is 0 Å². The Bertz CT molecular complexity index is 885. The molecule has 1 heterocycles. The second-order valence-electron chi connectivity index (χ2n) is 5.28. The normalized spacial score (nSPS) is 14.0. The summed E-state index contributed by atoms with van der Waals surface area (Å²) in [5.74, 6) is 0. The molecule has 0 amide bonds. The van der Waals surface area contributed by atoms with Crippen LogP contribution in [0.1, 0.15) is 6.92 Å². The number of nitrogens with zero attached hydrogens (tertiary/aromatic N) is 3. The third-order valence-corrected chi connectivity index (χ3v) is 6.87. The van der Waals surface area contributed by atoms with E-state index in [1.54, 1.807) is 27.1 Å². The van der Waals surface area contributed by atoms with E-state index in [0.29, 0.717) is 15.5 Å². The van der Waals surface area contributed by atoms with E-state index in [9.17, 15) is 13.2 Å². The van der Waals surface area contributed by atoms with Crippen molar-refractivity contribution in [3.8, 4) is 0 Å². The average Bonchev–Trinajstić information content (AvgIpc) is 2.69. The summed E-state index contributed by atoms with van der Waals surface area (Å²) < 4.78 is 30.0. The first-order chi connectivity index (χ1) is 10.1. The molecule has 1 aromatic heterocycles. The topological polar surface area (TPSA) is 90.3 Å². The first kappa shape index (κ1) is 17.2. The minimum Gasteiger partial charge on any atom is -0.329 e. The summed E-state index contributed by atoms with van der Waals surface area (Å²) in [6, 6.07) is 2.83. The van der Waals surface area contributed by atoms with E-state index in [0.717, 1.165) is 0 Å². The van der Waals surface area contributed by atoms with Crippen LogP contribution in [0.5, 0.6) is 0 Å². The predicted molar refractivity (Wildman–Crippen MR) is 89.3 cm³/mol. The SMILES string of the molecule is CC(CN)N(C)S(=O)(=O)c1cc2c(cc1Br)n(C)c(=O)n2C. The van der Waals surface area contributed by atoms with Crippen molar-refractivity contribution in [1.82, 2.24) is 13.4 Å². The van der Waals surface area contributed by atoms with Crippen molar-refractivity contribution in [3.63, 3.8) is 0 Å². The van der Waals surface area contributed by atoms with Gasteiger partial charge in [-0.25, -0.2) is 13.2 Å². The zero-order valence-corrected chi connectivity index (χ0v) is 15.3. The van der Waals surface area contributed by atoms with E-state index in [4.69, 9.17) is 5.73 Å². The molecule has 0 spiro atoms. The van der Waals surface area contributed by atoms with Crippen LogP contribution in [-0.2, 0) is 24.1 Å². The largest absolute Gasteiger partial charge is 0.329 e. The number of benzene rings is 1. The molecule has 122 valence electrons. The summed E-state index contributed by atoms with van der Waals surface area (Å²) >= 11 is 3.30. The van der Waals surface area contributed by atoms with Crippen LogP contribution in [0.4, 0.5) is 0 Å². The van der Waals surface area contributed by atoms with Crippen LogP contribution < -0.4 is 11.4 Å². The molecule has 0 bridgehead atoms. The van der Waals surface area contributed by atoms with Crippen LogP contribution in [0.3, 0.4) is 0 Å². The van der Waals surface area contributed by atoms with Crippen molar-refractivity contribution in [3.05, 3.63) is 27.1 Å². The van der Waals surface area contributed by atoms with Crippen molar-refractivity contribution >= 4 is 37.0 Å². The van der Waals surface area contributed by atoms with Gasteiger partial charge in [0, 0.05) is 38.2 Å². The molecule has 22 heavy (non-hydrogen) atoms. The molecule has 0 saturated carbocycles. The van der Waals surface area contributed by atoms with E-state index in [1.807, 2.05) is 0 Å². The number of halogens is 1. The Morgan fingerprint density at radius 3 is 2.27 bits per heavy atom. The van der Waals surface area contributed by atoms with Gasteiger partial charge in [0.25, 0.3) is 0 Å². The van der Waals surface area contributed by atoms with Gasteiger partial charge in [-0.15, -0.1) is 0 Å². The van der Waals surface area contributed by atoms with Crippen molar-refractivity contribution in [2.45, 2.75) is 17.9 Å². The lowest BCUT2D eigenvalue weighted by molar-refractivity contribution is 0.394. The lowest BCUT2D eigenvalue weighted by atomic mass is 10.3. The summed E-state index contributed by atoms with van der Waals surface area (Å²) in [4.78, 5) is 12.1. The summed E-state index contributed by atoms with van der Waals surface area (Å²) in [7, 11) is 1.04. The molecule has 2 rings (SSSR count). The minimum atomic E-state index is -3.71. The molecule has 7 nitrogen and oxygen atoms in total. The highest BCUT2D eigenvalue weighted by molar-refractivity contribution is 9.10. The smallest absolute Gasteiger partial charge is 0.328 e. The molecule has 0 aliphatic carbocycles. The maximum absolute atomic E-state index is 12.7. The third-order valence-electron chi connectivity index (χ3n) is 3.94. The summed E-state index contributed by atoms with van der Waals surface area (Å²) in [5, 5.41) is 0. The molecule has 9 heteroatoms. The monoisotopic (exact) mass is 390 g/mol. The average molecular weight is 391 g/mol.